The number of hydrogen-bond donors (Lipinski definition) is 2. The van der Waals surface area contributed by atoms with Crippen molar-refractivity contribution in [3.63, 3.8) is 0 Å². The van der Waals surface area contributed by atoms with E-state index >= 15 is 0 Å². The zero-order valence-electron chi connectivity index (χ0n) is 10.4. The van der Waals surface area contributed by atoms with Gasteiger partial charge in [0.2, 0.25) is 0 Å². The molecule has 0 aromatic heterocycles. The molecule has 0 fully saturated rings. The molecular formula is C11H18O6. The van der Waals surface area contributed by atoms with Crippen LogP contribution in [0.4, 0.5) is 0 Å². The van der Waals surface area contributed by atoms with Crippen LogP contribution in [0.25, 0.3) is 0 Å². The maximum Gasteiger partial charge on any atom is 0.375 e. The summed E-state index contributed by atoms with van der Waals surface area (Å²) in [6.07, 6.45) is -0.284. The summed E-state index contributed by atoms with van der Waals surface area (Å²) < 4.78 is 10.0. The Labute approximate surface area is 99.8 Å². The molecule has 1 atom stereocenters. The number of aliphatic carboxylic acids is 2. The monoisotopic (exact) mass is 246 g/mol. The van der Waals surface area contributed by atoms with Gasteiger partial charge in [0.05, 0.1) is 12.2 Å². The van der Waals surface area contributed by atoms with E-state index < -0.39 is 35.7 Å². The second kappa shape index (κ2) is 6.78. The third-order valence-corrected chi connectivity index (χ3v) is 1.84. The van der Waals surface area contributed by atoms with Crippen molar-refractivity contribution in [3.05, 3.63) is 11.5 Å². The SMILES string of the molecule is CCC(C)O/C(C(=O)O)=C(\OC(C)C)C(=O)O. The van der Waals surface area contributed by atoms with Crippen molar-refractivity contribution >= 4 is 11.9 Å². The van der Waals surface area contributed by atoms with Crippen molar-refractivity contribution in [1.29, 1.82) is 0 Å². The Balaban J connectivity index is 5.27. The fourth-order valence-electron chi connectivity index (χ4n) is 0.922. The molecular weight excluding hydrogens is 228 g/mol. The van der Waals surface area contributed by atoms with Gasteiger partial charge in [-0.05, 0) is 27.2 Å². The van der Waals surface area contributed by atoms with Gasteiger partial charge in [-0.1, -0.05) is 6.92 Å². The van der Waals surface area contributed by atoms with Crippen molar-refractivity contribution in [2.75, 3.05) is 0 Å². The molecule has 0 rings (SSSR count). The Morgan fingerprint density at radius 2 is 1.41 bits per heavy atom. The maximum atomic E-state index is 11.0. The van der Waals surface area contributed by atoms with E-state index in [1.54, 1.807) is 27.7 Å². The van der Waals surface area contributed by atoms with Gasteiger partial charge < -0.3 is 19.7 Å². The van der Waals surface area contributed by atoms with E-state index in [4.69, 9.17) is 19.7 Å². The minimum atomic E-state index is -1.46. The maximum absolute atomic E-state index is 11.0. The molecule has 2 N–H and O–H groups in total. The van der Waals surface area contributed by atoms with Crippen molar-refractivity contribution in [1.82, 2.24) is 0 Å². The fraction of sp³-hybridized carbons (Fsp3) is 0.636. The van der Waals surface area contributed by atoms with Gasteiger partial charge in [0.1, 0.15) is 0 Å². The van der Waals surface area contributed by atoms with Crippen molar-refractivity contribution < 1.29 is 29.3 Å². The first-order chi connectivity index (χ1) is 7.79. The largest absolute Gasteiger partial charge is 0.481 e. The van der Waals surface area contributed by atoms with Crippen LogP contribution < -0.4 is 0 Å². The predicted molar refractivity (Wildman–Crippen MR) is 59.4 cm³/mol. The first kappa shape index (κ1) is 15.3. The molecule has 98 valence electrons. The van der Waals surface area contributed by atoms with Gasteiger partial charge in [-0.2, -0.15) is 0 Å². The molecule has 0 spiro atoms. The summed E-state index contributed by atoms with van der Waals surface area (Å²) in [7, 11) is 0. The lowest BCUT2D eigenvalue weighted by atomic mass is 10.3. The Kier molecular flexibility index (Phi) is 6.09. The van der Waals surface area contributed by atoms with Gasteiger partial charge in [0, 0.05) is 0 Å². The van der Waals surface area contributed by atoms with E-state index in [-0.39, 0.29) is 0 Å². The molecule has 0 aliphatic heterocycles. The van der Waals surface area contributed by atoms with Crippen molar-refractivity contribution in [3.8, 4) is 0 Å². The Hall–Kier alpha value is -1.72. The molecule has 0 aromatic carbocycles. The summed E-state index contributed by atoms with van der Waals surface area (Å²) in [5.74, 6) is -4.25. The number of carboxylic acid groups (broad SMARTS) is 2. The average Bonchev–Trinajstić information content (AvgIpc) is 2.21. The van der Waals surface area contributed by atoms with Gasteiger partial charge in [0.15, 0.2) is 0 Å². The van der Waals surface area contributed by atoms with Crippen molar-refractivity contribution in [2.24, 2.45) is 0 Å². The Morgan fingerprint density at radius 3 is 1.71 bits per heavy atom. The molecule has 0 radical (unpaired) electrons. The summed E-state index contributed by atoms with van der Waals surface area (Å²) in [6, 6.07) is 0. The van der Waals surface area contributed by atoms with E-state index in [9.17, 15) is 9.59 Å². The second-order valence-electron chi connectivity index (χ2n) is 3.77. The summed E-state index contributed by atoms with van der Waals surface area (Å²) in [6.45, 7) is 6.66. The van der Waals surface area contributed by atoms with Gasteiger partial charge in [0.25, 0.3) is 11.5 Å². The van der Waals surface area contributed by atoms with Gasteiger partial charge in [-0.3, -0.25) is 0 Å². The number of ether oxygens (including phenoxy) is 2. The molecule has 6 heteroatoms. The summed E-state index contributed by atoms with van der Waals surface area (Å²) >= 11 is 0. The van der Waals surface area contributed by atoms with Crippen LogP contribution >= 0.6 is 0 Å². The van der Waals surface area contributed by atoms with Crippen LogP contribution in [0.5, 0.6) is 0 Å². The molecule has 0 heterocycles. The summed E-state index contributed by atoms with van der Waals surface area (Å²) in [4.78, 5) is 21.9. The zero-order valence-corrected chi connectivity index (χ0v) is 10.4. The van der Waals surface area contributed by atoms with Crippen LogP contribution in [0.15, 0.2) is 11.5 Å². The lowest BCUT2D eigenvalue weighted by Gasteiger charge is -2.17. The van der Waals surface area contributed by atoms with Crippen LogP contribution in [0.1, 0.15) is 34.1 Å². The summed E-state index contributed by atoms with van der Waals surface area (Å²) in [5.41, 5.74) is 0. The minimum Gasteiger partial charge on any atom is -0.481 e. The molecule has 0 saturated heterocycles. The fourth-order valence-corrected chi connectivity index (χ4v) is 0.922. The van der Waals surface area contributed by atoms with E-state index in [1.807, 2.05) is 0 Å². The highest BCUT2D eigenvalue weighted by atomic mass is 16.6. The first-order valence-electron chi connectivity index (χ1n) is 5.33. The molecule has 0 saturated carbocycles. The standard InChI is InChI=1S/C11H18O6/c1-5-7(4)17-9(11(14)15)8(10(12)13)16-6(2)3/h6-7H,5H2,1-4H3,(H,12,13)(H,14,15)/b9-8-. The normalized spacial score (nSPS) is 13.9. The average molecular weight is 246 g/mol. The van der Waals surface area contributed by atoms with Gasteiger partial charge in [-0.15, -0.1) is 0 Å². The third kappa shape index (κ3) is 5.24. The molecule has 0 amide bonds. The van der Waals surface area contributed by atoms with Crippen LogP contribution in [-0.4, -0.2) is 34.4 Å². The van der Waals surface area contributed by atoms with Crippen LogP contribution in [0.2, 0.25) is 0 Å². The molecule has 0 aromatic rings. The minimum absolute atomic E-state index is 0.397. The van der Waals surface area contributed by atoms with E-state index in [0.717, 1.165) is 0 Å². The van der Waals surface area contributed by atoms with Crippen molar-refractivity contribution in [2.45, 2.75) is 46.3 Å². The molecule has 6 nitrogen and oxygen atoms in total. The van der Waals surface area contributed by atoms with Crippen LogP contribution in [-0.2, 0) is 19.1 Å². The van der Waals surface area contributed by atoms with Crippen LogP contribution in [0, 0.1) is 0 Å². The number of hydrogen-bond acceptors (Lipinski definition) is 4. The smallest absolute Gasteiger partial charge is 0.375 e. The van der Waals surface area contributed by atoms with Gasteiger partial charge in [-0.25, -0.2) is 9.59 Å². The Bertz CT molecular complexity index is 318. The molecule has 0 bridgehead atoms. The molecule has 1 unspecified atom stereocenters. The van der Waals surface area contributed by atoms with E-state index in [1.165, 1.54) is 0 Å². The Morgan fingerprint density at radius 1 is 1.00 bits per heavy atom. The first-order valence-corrected chi connectivity index (χ1v) is 5.33. The zero-order chi connectivity index (χ0) is 13.6. The lowest BCUT2D eigenvalue weighted by Crippen LogP contribution is -2.21. The quantitative estimate of drug-likeness (QED) is 0.523. The van der Waals surface area contributed by atoms with Crippen LogP contribution in [0.3, 0.4) is 0 Å². The second-order valence-corrected chi connectivity index (χ2v) is 3.77. The van der Waals surface area contributed by atoms with Gasteiger partial charge >= 0.3 is 11.9 Å². The molecule has 0 aliphatic carbocycles. The highest BCUT2D eigenvalue weighted by Gasteiger charge is 2.26. The number of carbonyl (C=O) groups is 2. The highest BCUT2D eigenvalue weighted by Crippen LogP contribution is 2.15. The van der Waals surface area contributed by atoms with E-state index in [0.29, 0.717) is 6.42 Å². The third-order valence-electron chi connectivity index (χ3n) is 1.84. The molecule has 0 aliphatic rings. The highest BCUT2D eigenvalue weighted by molar-refractivity contribution is 5.95. The molecule has 17 heavy (non-hydrogen) atoms. The number of rotatable bonds is 7. The van der Waals surface area contributed by atoms with E-state index in [2.05, 4.69) is 0 Å². The lowest BCUT2D eigenvalue weighted by molar-refractivity contribution is -0.143. The summed E-state index contributed by atoms with van der Waals surface area (Å²) in [5, 5.41) is 17.8. The number of carboxylic acids is 2. The predicted octanol–water partition coefficient (Wildman–Crippen LogP) is 1.61. The topological polar surface area (TPSA) is 93.1 Å².